The van der Waals surface area contributed by atoms with Gasteiger partial charge in [0.2, 0.25) is 0 Å². The van der Waals surface area contributed by atoms with Crippen LogP contribution in [-0.2, 0) is 12.4 Å². The summed E-state index contributed by atoms with van der Waals surface area (Å²) in [4.78, 5) is 0. The highest BCUT2D eigenvalue weighted by Crippen LogP contribution is 2.51. The molecule has 5 atom stereocenters. The van der Waals surface area contributed by atoms with Crippen molar-refractivity contribution >= 4 is 58.9 Å². The fourth-order valence-electron chi connectivity index (χ4n) is 6.95. The predicted molar refractivity (Wildman–Crippen MR) is 190 cm³/mol. The van der Waals surface area contributed by atoms with Gasteiger partial charge in [-0.25, -0.2) is 0 Å². The van der Waals surface area contributed by atoms with E-state index in [0.717, 1.165) is 38.5 Å². The molecule has 3 aromatic carbocycles. The average molecular weight is 725 g/mol. The molecule has 2 aliphatic rings. The van der Waals surface area contributed by atoms with E-state index in [1.54, 1.807) is 0 Å². The molecule has 4 nitrogen and oxygen atoms in total. The van der Waals surface area contributed by atoms with Crippen LogP contribution in [0.15, 0.2) is 78.9 Å². The molecule has 5 rings (SSSR count). The molecule has 0 heterocycles. The number of rotatable bonds is 8. The summed E-state index contributed by atoms with van der Waals surface area (Å²) in [5.74, 6) is 0.405. The Bertz CT molecular complexity index is 1470. The van der Waals surface area contributed by atoms with Gasteiger partial charge in [-0.05, 0) is 105 Å². The first kappa shape index (κ1) is 36.3. The van der Waals surface area contributed by atoms with E-state index in [1.165, 1.54) is 10.6 Å². The van der Waals surface area contributed by atoms with Crippen molar-refractivity contribution in [3.05, 3.63) is 90.0 Å². The van der Waals surface area contributed by atoms with E-state index in [1.807, 2.05) is 12.1 Å². The van der Waals surface area contributed by atoms with Crippen molar-refractivity contribution in [1.29, 1.82) is 0 Å². The Balaban J connectivity index is 1.23. The number of halogens is 6. The minimum absolute atomic E-state index is 0.0580. The Morgan fingerprint density at radius 2 is 1.19 bits per heavy atom. The second-order valence-corrected chi connectivity index (χ2v) is 15.8. The Morgan fingerprint density at radius 1 is 0.688 bits per heavy atom. The van der Waals surface area contributed by atoms with Gasteiger partial charge in [0.15, 0.2) is 10.2 Å². The molecule has 0 radical (unpaired) electrons. The van der Waals surface area contributed by atoms with Crippen LogP contribution in [0.5, 0.6) is 0 Å². The largest absolute Gasteiger partial charge is 0.416 e. The highest BCUT2D eigenvalue weighted by Gasteiger charge is 2.39. The van der Waals surface area contributed by atoms with Crippen molar-refractivity contribution in [1.82, 2.24) is 16.0 Å². The standard InChI is InChI=1S/C35H39F6N4PS2/c1-22(28-15-10-18-31(28)46(26-11-4-2-5-12-26)27-13-6-3-7-14-27)42-32(47)44-29-16-8-9-17-30(29)45-33(48)43-25-20-23(34(36,37)38)19-24(21-25)35(39,40)41/h2-7,11-14,19-22,28-31H,8-10,15-18H2,1H3,(H2,42,44,47)(H2,43,45,48)/t22-,28?,29+,30+,31?/m1/s1. The highest BCUT2D eigenvalue weighted by molar-refractivity contribution is 7.80. The van der Waals surface area contributed by atoms with Gasteiger partial charge < -0.3 is 21.3 Å². The minimum atomic E-state index is -4.95. The first-order valence-electron chi connectivity index (χ1n) is 16.1. The molecular weight excluding hydrogens is 686 g/mol. The molecule has 3 aromatic rings. The SMILES string of the molecule is C[C@@H](NC(=S)N[C@H]1CCCC[C@@H]1NC(=S)Nc1cc(C(F)(F)F)cc(C(F)(F)F)c1)C1CCCC1P(c1ccccc1)c1ccccc1. The molecule has 2 saturated carbocycles. The van der Waals surface area contributed by atoms with Gasteiger partial charge in [-0.15, -0.1) is 0 Å². The second-order valence-electron chi connectivity index (χ2n) is 12.5. The molecule has 0 aliphatic heterocycles. The van der Waals surface area contributed by atoms with Crippen molar-refractivity contribution in [2.75, 3.05) is 5.32 Å². The van der Waals surface area contributed by atoms with Gasteiger partial charge in [0.1, 0.15) is 0 Å². The number of alkyl halides is 6. The molecule has 13 heteroatoms. The Kier molecular flexibility index (Phi) is 11.9. The van der Waals surface area contributed by atoms with Crippen LogP contribution in [0, 0.1) is 5.92 Å². The molecule has 0 amide bonds. The monoisotopic (exact) mass is 724 g/mol. The molecule has 2 aliphatic carbocycles. The first-order valence-corrected chi connectivity index (χ1v) is 18.4. The third-order valence-electron chi connectivity index (χ3n) is 9.18. The summed E-state index contributed by atoms with van der Waals surface area (Å²) >= 11 is 11.2. The zero-order valence-corrected chi connectivity index (χ0v) is 28.9. The number of nitrogens with one attached hydrogen (secondary N) is 4. The third-order valence-corrected chi connectivity index (χ3v) is 12.6. The van der Waals surface area contributed by atoms with Crippen LogP contribution in [0.2, 0.25) is 0 Å². The molecular formula is C35H39F6N4PS2. The van der Waals surface area contributed by atoms with Gasteiger partial charge >= 0.3 is 12.4 Å². The van der Waals surface area contributed by atoms with Crippen molar-refractivity contribution < 1.29 is 26.3 Å². The van der Waals surface area contributed by atoms with Crippen LogP contribution < -0.4 is 31.9 Å². The Hall–Kier alpha value is -2.95. The lowest BCUT2D eigenvalue weighted by atomic mass is 9.90. The number of anilines is 1. The van der Waals surface area contributed by atoms with Crippen molar-refractivity contribution in [2.24, 2.45) is 5.92 Å². The van der Waals surface area contributed by atoms with Gasteiger partial charge in [-0.1, -0.05) is 79.9 Å². The molecule has 258 valence electrons. The van der Waals surface area contributed by atoms with E-state index in [0.29, 0.717) is 35.2 Å². The van der Waals surface area contributed by atoms with Crippen LogP contribution in [0.4, 0.5) is 32.0 Å². The van der Waals surface area contributed by atoms with Crippen LogP contribution in [-0.4, -0.2) is 34.0 Å². The van der Waals surface area contributed by atoms with Crippen LogP contribution in [0.1, 0.15) is 63.0 Å². The molecule has 2 fully saturated rings. The van der Waals surface area contributed by atoms with Gasteiger partial charge in [0.05, 0.1) is 11.1 Å². The van der Waals surface area contributed by atoms with Gasteiger partial charge in [-0.3, -0.25) is 0 Å². The zero-order chi connectivity index (χ0) is 34.5. The topological polar surface area (TPSA) is 48.1 Å². The van der Waals surface area contributed by atoms with Gasteiger partial charge in [0.25, 0.3) is 0 Å². The van der Waals surface area contributed by atoms with E-state index in [-0.39, 0.29) is 29.3 Å². The maximum absolute atomic E-state index is 13.4. The van der Waals surface area contributed by atoms with Crippen LogP contribution in [0.3, 0.4) is 0 Å². The zero-order valence-electron chi connectivity index (χ0n) is 26.4. The van der Waals surface area contributed by atoms with E-state index >= 15 is 0 Å². The quantitative estimate of drug-likeness (QED) is 0.106. The van der Waals surface area contributed by atoms with E-state index in [4.69, 9.17) is 24.4 Å². The van der Waals surface area contributed by atoms with E-state index in [2.05, 4.69) is 76.7 Å². The average Bonchev–Trinajstić information content (AvgIpc) is 3.52. The predicted octanol–water partition coefficient (Wildman–Crippen LogP) is 8.48. The van der Waals surface area contributed by atoms with Crippen LogP contribution >= 0.6 is 32.4 Å². The summed E-state index contributed by atoms with van der Waals surface area (Å²) in [7, 11) is -0.581. The molecule has 0 spiro atoms. The third kappa shape index (κ3) is 9.39. The summed E-state index contributed by atoms with van der Waals surface area (Å²) in [6, 6.07) is 22.5. The normalized spacial score (nSPS) is 22.2. The molecule has 0 saturated heterocycles. The minimum Gasteiger partial charge on any atom is -0.360 e. The van der Waals surface area contributed by atoms with E-state index < -0.39 is 37.1 Å². The number of hydrogen-bond donors (Lipinski definition) is 4. The summed E-state index contributed by atoms with van der Waals surface area (Å²) in [6.45, 7) is 2.18. The summed E-state index contributed by atoms with van der Waals surface area (Å²) < 4.78 is 80.1. The van der Waals surface area contributed by atoms with Gasteiger partial charge in [-0.2, -0.15) is 26.3 Å². The van der Waals surface area contributed by atoms with E-state index in [9.17, 15) is 26.3 Å². The lowest BCUT2D eigenvalue weighted by Gasteiger charge is -2.37. The Morgan fingerprint density at radius 3 is 1.69 bits per heavy atom. The highest BCUT2D eigenvalue weighted by atomic mass is 32.1. The summed E-state index contributed by atoms with van der Waals surface area (Å²) in [5, 5.41) is 15.8. The number of thiocarbonyl (C=S) groups is 2. The van der Waals surface area contributed by atoms with Gasteiger partial charge in [0, 0.05) is 23.8 Å². The summed E-state index contributed by atoms with van der Waals surface area (Å²) in [5.41, 5.74) is -2.72. The smallest absolute Gasteiger partial charge is 0.360 e. The Labute approximate surface area is 289 Å². The fourth-order valence-corrected chi connectivity index (χ4v) is 10.8. The lowest BCUT2D eigenvalue weighted by molar-refractivity contribution is -0.143. The lowest BCUT2D eigenvalue weighted by Crippen LogP contribution is -2.57. The summed E-state index contributed by atoms with van der Waals surface area (Å²) in [6.07, 6.45) is -3.20. The van der Waals surface area contributed by atoms with Crippen molar-refractivity contribution in [3.63, 3.8) is 0 Å². The first-order chi connectivity index (χ1) is 22.8. The number of hydrogen-bond acceptors (Lipinski definition) is 2. The van der Waals surface area contributed by atoms with Crippen LogP contribution in [0.25, 0.3) is 0 Å². The molecule has 48 heavy (non-hydrogen) atoms. The molecule has 0 aromatic heterocycles. The van der Waals surface area contributed by atoms with Crippen molar-refractivity contribution in [2.45, 2.75) is 88.0 Å². The van der Waals surface area contributed by atoms with Crippen molar-refractivity contribution in [3.8, 4) is 0 Å². The molecule has 2 unspecified atom stereocenters. The fraction of sp³-hybridized carbons (Fsp3) is 0.429. The maximum Gasteiger partial charge on any atom is 0.416 e. The maximum atomic E-state index is 13.4. The molecule has 0 bridgehead atoms. The second kappa shape index (κ2) is 15.7. The number of benzene rings is 3. The molecule has 4 N–H and O–H groups in total.